The maximum Gasteiger partial charge on any atom is 0.273 e. The van der Waals surface area contributed by atoms with Crippen LogP contribution in [-0.4, -0.2) is 34.1 Å². The van der Waals surface area contributed by atoms with Gasteiger partial charge in [-0.15, -0.1) is 0 Å². The topological polar surface area (TPSA) is 86.9 Å². The van der Waals surface area contributed by atoms with Crippen molar-refractivity contribution >= 4 is 22.7 Å². The second-order valence-corrected chi connectivity index (χ2v) is 7.88. The van der Waals surface area contributed by atoms with Gasteiger partial charge >= 0.3 is 0 Å². The van der Waals surface area contributed by atoms with Crippen molar-refractivity contribution in [1.29, 1.82) is 0 Å². The van der Waals surface area contributed by atoms with Gasteiger partial charge in [0.1, 0.15) is 6.04 Å². The van der Waals surface area contributed by atoms with Crippen LogP contribution in [0.25, 0.3) is 10.9 Å². The van der Waals surface area contributed by atoms with Gasteiger partial charge < -0.3 is 10.6 Å². The molecule has 0 spiro atoms. The SMILES string of the molecule is Cc1ccc(C2CCCC2NC(=O)C(C)NC(=O)c2n[nH]c3ccccc23)cc1. The Balaban J connectivity index is 1.40. The molecule has 1 aliphatic rings. The minimum absolute atomic E-state index is 0.0933. The first-order chi connectivity index (χ1) is 14.0. The van der Waals surface area contributed by atoms with Crippen LogP contribution in [0.4, 0.5) is 0 Å². The van der Waals surface area contributed by atoms with E-state index in [9.17, 15) is 9.59 Å². The molecule has 6 nitrogen and oxygen atoms in total. The Hall–Kier alpha value is -3.15. The number of carbonyl (C=O) groups excluding carboxylic acids is 2. The Morgan fingerprint density at radius 2 is 1.86 bits per heavy atom. The molecule has 150 valence electrons. The lowest BCUT2D eigenvalue weighted by atomic mass is 9.93. The van der Waals surface area contributed by atoms with Crippen molar-refractivity contribution in [3.8, 4) is 0 Å². The minimum Gasteiger partial charge on any atom is -0.351 e. The fourth-order valence-corrected chi connectivity index (χ4v) is 4.12. The van der Waals surface area contributed by atoms with Crippen molar-refractivity contribution < 1.29 is 9.59 Å². The summed E-state index contributed by atoms with van der Waals surface area (Å²) >= 11 is 0. The molecule has 0 radical (unpaired) electrons. The average molecular weight is 390 g/mol. The molecule has 1 aromatic heterocycles. The van der Waals surface area contributed by atoms with Crippen LogP contribution < -0.4 is 10.6 Å². The number of benzene rings is 2. The van der Waals surface area contributed by atoms with Gasteiger partial charge in [0.2, 0.25) is 5.91 Å². The first-order valence-corrected chi connectivity index (χ1v) is 10.1. The molecule has 1 saturated carbocycles. The number of aryl methyl sites for hydroxylation is 1. The molecule has 3 N–H and O–H groups in total. The van der Waals surface area contributed by atoms with E-state index in [0.29, 0.717) is 11.6 Å². The van der Waals surface area contributed by atoms with Crippen LogP contribution in [0.3, 0.4) is 0 Å². The van der Waals surface area contributed by atoms with E-state index in [2.05, 4.69) is 52.0 Å². The molecule has 2 amide bonds. The normalized spacial score (nSPS) is 19.8. The molecule has 1 heterocycles. The van der Waals surface area contributed by atoms with E-state index in [4.69, 9.17) is 0 Å². The predicted molar refractivity (Wildman–Crippen MR) is 113 cm³/mol. The zero-order valence-corrected chi connectivity index (χ0v) is 16.7. The Morgan fingerprint density at radius 1 is 1.10 bits per heavy atom. The number of fused-ring (bicyclic) bond motifs is 1. The number of para-hydroxylation sites is 1. The van der Waals surface area contributed by atoms with Gasteiger partial charge in [0.15, 0.2) is 5.69 Å². The third-order valence-electron chi connectivity index (χ3n) is 5.78. The van der Waals surface area contributed by atoms with Gasteiger partial charge in [0.25, 0.3) is 5.91 Å². The molecular weight excluding hydrogens is 364 g/mol. The largest absolute Gasteiger partial charge is 0.351 e. The van der Waals surface area contributed by atoms with E-state index in [1.807, 2.05) is 24.3 Å². The van der Waals surface area contributed by atoms with Gasteiger partial charge in [-0.3, -0.25) is 14.7 Å². The molecule has 3 unspecified atom stereocenters. The summed E-state index contributed by atoms with van der Waals surface area (Å²) in [5, 5.41) is 13.6. The van der Waals surface area contributed by atoms with Crippen molar-refractivity contribution in [3.63, 3.8) is 0 Å². The van der Waals surface area contributed by atoms with Crippen LogP contribution in [0.1, 0.15) is 53.7 Å². The standard InChI is InChI=1S/C23H26N4O2/c1-14-10-12-16(13-11-14)17-7-5-9-19(17)25-22(28)15(2)24-23(29)21-18-6-3-4-8-20(18)26-27-21/h3-4,6,8,10-13,15,17,19H,5,7,9H2,1-2H3,(H,24,29)(H,25,28)(H,26,27). The molecule has 0 aliphatic heterocycles. The second kappa shape index (κ2) is 8.07. The molecule has 0 saturated heterocycles. The van der Waals surface area contributed by atoms with Crippen LogP contribution >= 0.6 is 0 Å². The number of nitrogens with one attached hydrogen (secondary N) is 3. The first kappa shape index (κ1) is 19.2. The van der Waals surface area contributed by atoms with Gasteiger partial charge in [0.05, 0.1) is 5.52 Å². The summed E-state index contributed by atoms with van der Waals surface area (Å²) in [5.41, 5.74) is 3.59. The molecule has 1 fully saturated rings. The Morgan fingerprint density at radius 3 is 2.66 bits per heavy atom. The lowest BCUT2D eigenvalue weighted by Gasteiger charge is -2.23. The molecule has 1 aliphatic carbocycles. The van der Waals surface area contributed by atoms with Crippen molar-refractivity contribution in [2.75, 3.05) is 0 Å². The zero-order chi connectivity index (χ0) is 20.4. The Kier molecular flexibility index (Phi) is 5.34. The van der Waals surface area contributed by atoms with Crippen LogP contribution in [0.2, 0.25) is 0 Å². The lowest BCUT2D eigenvalue weighted by molar-refractivity contribution is -0.123. The summed E-state index contributed by atoms with van der Waals surface area (Å²) in [6.07, 6.45) is 3.10. The summed E-state index contributed by atoms with van der Waals surface area (Å²) in [6.45, 7) is 3.78. The number of nitrogens with zero attached hydrogens (tertiary/aromatic N) is 1. The average Bonchev–Trinajstić information content (AvgIpc) is 3.35. The monoisotopic (exact) mass is 390 g/mol. The van der Waals surface area contributed by atoms with Gasteiger partial charge in [-0.1, -0.05) is 54.4 Å². The number of rotatable bonds is 5. The van der Waals surface area contributed by atoms with Crippen LogP contribution in [0, 0.1) is 6.92 Å². The Bertz CT molecular complexity index is 1020. The van der Waals surface area contributed by atoms with Crippen molar-refractivity contribution in [2.24, 2.45) is 0 Å². The highest BCUT2D eigenvalue weighted by atomic mass is 16.2. The fraction of sp³-hybridized carbons (Fsp3) is 0.348. The zero-order valence-electron chi connectivity index (χ0n) is 16.7. The lowest BCUT2D eigenvalue weighted by Crippen LogP contribution is -2.48. The number of hydrogen-bond donors (Lipinski definition) is 3. The fourth-order valence-electron chi connectivity index (χ4n) is 4.12. The summed E-state index contributed by atoms with van der Waals surface area (Å²) in [7, 11) is 0. The number of aromatic amines is 1. The summed E-state index contributed by atoms with van der Waals surface area (Å²) < 4.78 is 0. The predicted octanol–water partition coefficient (Wildman–Crippen LogP) is 3.44. The molecule has 2 aromatic carbocycles. The molecule has 3 aromatic rings. The van der Waals surface area contributed by atoms with Gasteiger partial charge in [-0.05, 0) is 38.3 Å². The van der Waals surface area contributed by atoms with Crippen molar-refractivity contribution in [3.05, 3.63) is 65.4 Å². The quantitative estimate of drug-likeness (QED) is 0.624. The highest BCUT2D eigenvalue weighted by molar-refractivity contribution is 6.05. The third-order valence-corrected chi connectivity index (χ3v) is 5.78. The molecular formula is C23H26N4O2. The molecule has 29 heavy (non-hydrogen) atoms. The maximum atomic E-state index is 12.7. The maximum absolute atomic E-state index is 12.7. The number of aromatic nitrogens is 2. The highest BCUT2D eigenvalue weighted by Gasteiger charge is 2.31. The number of carbonyl (C=O) groups is 2. The number of hydrogen-bond acceptors (Lipinski definition) is 3. The number of H-pyrrole nitrogens is 1. The second-order valence-electron chi connectivity index (χ2n) is 7.88. The van der Waals surface area contributed by atoms with Crippen LogP contribution in [-0.2, 0) is 4.79 Å². The smallest absolute Gasteiger partial charge is 0.273 e. The van der Waals surface area contributed by atoms with Gasteiger partial charge in [-0.2, -0.15) is 5.10 Å². The molecule has 4 rings (SSSR count). The first-order valence-electron chi connectivity index (χ1n) is 10.1. The van der Waals surface area contributed by atoms with E-state index in [0.717, 1.165) is 30.2 Å². The van der Waals surface area contributed by atoms with E-state index >= 15 is 0 Å². The summed E-state index contributed by atoms with van der Waals surface area (Å²) in [5.74, 6) is -0.202. The Labute approximate surface area is 170 Å². The molecule has 3 atom stereocenters. The minimum atomic E-state index is -0.641. The van der Waals surface area contributed by atoms with E-state index in [1.165, 1.54) is 11.1 Å². The van der Waals surface area contributed by atoms with Crippen molar-refractivity contribution in [1.82, 2.24) is 20.8 Å². The van der Waals surface area contributed by atoms with Crippen molar-refractivity contribution in [2.45, 2.75) is 51.1 Å². The van der Waals surface area contributed by atoms with Crippen LogP contribution in [0.5, 0.6) is 0 Å². The third kappa shape index (κ3) is 4.01. The number of amides is 2. The van der Waals surface area contributed by atoms with E-state index < -0.39 is 6.04 Å². The van der Waals surface area contributed by atoms with E-state index in [1.54, 1.807) is 6.92 Å². The summed E-state index contributed by atoms with van der Waals surface area (Å²) in [6, 6.07) is 15.4. The van der Waals surface area contributed by atoms with Crippen LogP contribution in [0.15, 0.2) is 48.5 Å². The van der Waals surface area contributed by atoms with Gasteiger partial charge in [-0.25, -0.2) is 0 Å². The molecule has 0 bridgehead atoms. The summed E-state index contributed by atoms with van der Waals surface area (Å²) in [4.78, 5) is 25.4. The van der Waals surface area contributed by atoms with Gasteiger partial charge in [0, 0.05) is 17.3 Å². The highest BCUT2D eigenvalue weighted by Crippen LogP contribution is 2.34. The van der Waals surface area contributed by atoms with E-state index in [-0.39, 0.29) is 17.9 Å². The molecule has 6 heteroatoms.